The lowest BCUT2D eigenvalue weighted by atomic mass is 9.65. The van der Waals surface area contributed by atoms with Gasteiger partial charge in [-0.15, -0.1) is 11.6 Å². The van der Waals surface area contributed by atoms with E-state index in [-0.39, 0.29) is 10.2 Å². The van der Waals surface area contributed by atoms with Gasteiger partial charge in [-0.25, -0.2) is 0 Å². The molecule has 20 heavy (non-hydrogen) atoms. The molecule has 0 amide bonds. The average molecular weight is 357 g/mol. The quantitative estimate of drug-likeness (QED) is 0.761. The molecule has 3 rings (SSSR count). The third kappa shape index (κ3) is 1.78. The van der Waals surface area contributed by atoms with Crippen LogP contribution in [0.25, 0.3) is 6.08 Å². The average Bonchev–Trinajstić information content (AvgIpc) is 2.77. The number of carbonyl (C=O) groups is 1. The Bertz CT molecular complexity index is 605. The summed E-state index contributed by atoms with van der Waals surface area (Å²) in [6.07, 6.45) is 5.03. The molecule has 3 N–H and O–H groups in total. The first-order valence-electron chi connectivity index (χ1n) is 6.49. The Labute approximate surface area is 130 Å². The van der Waals surface area contributed by atoms with Gasteiger partial charge in [0, 0.05) is 10.2 Å². The van der Waals surface area contributed by atoms with Crippen molar-refractivity contribution in [2.75, 3.05) is 0 Å². The molecular formula is C15H15BrClNO2. The summed E-state index contributed by atoms with van der Waals surface area (Å²) in [5, 5.41) is 8.76. The van der Waals surface area contributed by atoms with Crippen molar-refractivity contribution in [3.63, 3.8) is 0 Å². The van der Waals surface area contributed by atoms with E-state index in [1.54, 1.807) is 0 Å². The van der Waals surface area contributed by atoms with Crippen molar-refractivity contribution in [2.45, 2.75) is 34.0 Å². The molecule has 0 bridgehead atoms. The van der Waals surface area contributed by atoms with Gasteiger partial charge in [0.05, 0.1) is 5.38 Å². The summed E-state index contributed by atoms with van der Waals surface area (Å²) in [4.78, 5) is 11.4. The SMILES string of the molecule is NC1(C(=O)O)CC(Br)C2(C=Cc3ccccc32)CC1Cl. The number of nitrogens with two attached hydrogens (primary N) is 1. The summed E-state index contributed by atoms with van der Waals surface area (Å²) < 4.78 is 0. The Morgan fingerprint density at radius 3 is 2.80 bits per heavy atom. The van der Waals surface area contributed by atoms with Gasteiger partial charge in [-0.2, -0.15) is 0 Å². The van der Waals surface area contributed by atoms with E-state index in [4.69, 9.17) is 17.3 Å². The highest BCUT2D eigenvalue weighted by molar-refractivity contribution is 9.09. The molecule has 0 saturated heterocycles. The number of halogens is 2. The molecule has 4 atom stereocenters. The van der Waals surface area contributed by atoms with E-state index < -0.39 is 16.9 Å². The van der Waals surface area contributed by atoms with Gasteiger partial charge in [0.25, 0.3) is 0 Å². The van der Waals surface area contributed by atoms with Gasteiger partial charge < -0.3 is 10.8 Å². The van der Waals surface area contributed by atoms with Crippen LogP contribution in [0.4, 0.5) is 0 Å². The lowest BCUT2D eigenvalue weighted by Crippen LogP contribution is -2.63. The molecule has 1 fully saturated rings. The highest BCUT2D eigenvalue weighted by atomic mass is 79.9. The molecule has 3 nitrogen and oxygen atoms in total. The molecular weight excluding hydrogens is 342 g/mol. The van der Waals surface area contributed by atoms with Gasteiger partial charge in [-0.05, 0) is 24.0 Å². The van der Waals surface area contributed by atoms with E-state index >= 15 is 0 Å². The van der Waals surface area contributed by atoms with Crippen molar-refractivity contribution in [1.29, 1.82) is 0 Å². The van der Waals surface area contributed by atoms with E-state index in [9.17, 15) is 9.90 Å². The van der Waals surface area contributed by atoms with Crippen LogP contribution in [0, 0.1) is 0 Å². The summed E-state index contributed by atoms with van der Waals surface area (Å²) in [5.41, 5.74) is 6.74. The molecule has 0 aromatic heterocycles. The number of carboxylic acid groups (broad SMARTS) is 1. The van der Waals surface area contributed by atoms with Crippen LogP contribution in [0.3, 0.4) is 0 Å². The molecule has 1 aromatic carbocycles. The molecule has 0 aliphatic heterocycles. The number of fused-ring (bicyclic) bond motifs is 2. The minimum Gasteiger partial charge on any atom is -0.480 e. The number of rotatable bonds is 1. The monoisotopic (exact) mass is 355 g/mol. The van der Waals surface area contributed by atoms with Gasteiger partial charge in [0.1, 0.15) is 5.54 Å². The van der Waals surface area contributed by atoms with Crippen LogP contribution in [-0.4, -0.2) is 26.8 Å². The lowest BCUT2D eigenvalue weighted by Gasteiger charge is -2.47. The van der Waals surface area contributed by atoms with E-state index in [1.165, 1.54) is 11.1 Å². The topological polar surface area (TPSA) is 63.3 Å². The zero-order valence-electron chi connectivity index (χ0n) is 10.7. The van der Waals surface area contributed by atoms with E-state index in [1.807, 2.05) is 12.1 Å². The Morgan fingerprint density at radius 2 is 2.10 bits per heavy atom. The molecule has 0 radical (unpaired) electrons. The summed E-state index contributed by atoms with van der Waals surface area (Å²) >= 11 is 10.0. The number of hydrogen-bond acceptors (Lipinski definition) is 2. The molecule has 5 heteroatoms. The molecule has 4 unspecified atom stereocenters. The highest BCUT2D eigenvalue weighted by Gasteiger charge is 2.56. The predicted octanol–water partition coefficient (Wildman–Crippen LogP) is 2.90. The van der Waals surface area contributed by atoms with Crippen LogP contribution >= 0.6 is 27.5 Å². The minimum atomic E-state index is -1.38. The predicted molar refractivity (Wildman–Crippen MR) is 83.3 cm³/mol. The van der Waals surface area contributed by atoms with Gasteiger partial charge in [-0.3, -0.25) is 4.79 Å². The second-order valence-electron chi connectivity index (χ2n) is 5.65. The highest BCUT2D eigenvalue weighted by Crippen LogP contribution is 2.52. The molecule has 1 aromatic rings. The zero-order chi connectivity index (χ0) is 14.5. The molecule has 0 heterocycles. The largest absolute Gasteiger partial charge is 0.480 e. The molecule has 106 valence electrons. The minimum absolute atomic E-state index is 0.0500. The van der Waals surface area contributed by atoms with Gasteiger partial charge in [0.2, 0.25) is 0 Å². The van der Waals surface area contributed by atoms with Crippen molar-refractivity contribution >= 4 is 39.6 Å². The number of allylic oxidation sites excluding steroid dienone is 1. The number of benzene rings is 1. The summed E-state index contributed by atoms with van der Waals surface area (Å²) in [6, 6.07) is 8.14. The van der Waals surface area contributed by atoms with Gasteiger partial charge in [-0.1, -0.05) is 52.3 Å². The van der Waals surface area contributed by atoms with Crippen molar-refractivity contribution < 1.29 is 9.90 Å². The number of hydrogen-bond donors (Lipinski definition) is 2. The summed E-state index contributed by atoms with van der Waals surface area (Å²) in [7, 11) is 0. The first kappa shape index (κ1) is 14.1. The van der Waals surface area contributed by atoms with Crippen LogP contribution in [0.2, 0.25) is 0 Å². The molecule has 2 aliphatic rings. The Balaban J connectivity index is 2.03. The van der Waals surface area contributed by atoms with Crippen LogP contribution in [0.15, 0.2) is 30.3 Å². The van der Waals surface area contributed by atoms with E-state index in [0.717, 1.165) is 0 Å². The fraction of sp³-hybridized carbons (Fsp3) is 0.400. The first-order valence-corrected chi connectivity index (χ1v) is 7.84. The Hall–Kier alpha value is -0.840. The van der Waals surface area contributed by atoms with Crippen molar-refractivity contribution in [3.8, 4) is 0 Å². The normalized spacial score (nSPS) is 39.0. The van der Waals surface area contributed by atoms with Crippen molar-refractivity contribution in [2.24, 2.45) is 5.73 Å². The zero-order valence-corrected chi connectivity index (χ0v) is 13.1. The lowest BCUT2D eigenvalue weighted by molar-refractivity contribution is -0.144. The Kier molecular flexibility index (Phi) is 3.23. The van der Waals surface area contributed by atoms with Crippen molar-refractivity contribution in [3.05, 3.63) is 41.5 Å². The summed E-state index contributed by atoms with van der Waals surface area (Å²) in [5.74, 6) is -1.04. The fourth-order valence-electron chi connectivity index (χ4n) is 3.28. The fourth-order valence-corrected chi connectivity index (χ4v) is 4.84. The second kappa shape index (κ2) is 4.58. The van der Waals surface area contributed by atoms with Gasteiger partial charge >= 0.3 is 5.97 Å². The third-order valence-corrected chi connectivity index (χ3v) is 6.26. The summed E-state index contributed by atoms with van der Waals surface area (Å²) in [6.45, 7) is 0. The molecule has 1 saturated carbocycles. The number of aliphatic carboxylic acids is 1. The molecule has 2 aliphatic carbocycles. The number of alkyl halides is 2. The first-order chi connectivity index (χ1) is 9.40. The van der Waals surface area contributed by atoms with Crippen LogP contribution in [0.1, 0.15) is 24.0 Å². The number of carboxylic acids is 1. The van der Waals surface area contributed by atoms with Gasteiger partial charge in [0.15, 0.2) is 0 Å². The van der Waals surface area contributed by atoms with Crippen LogP contribution in [-0.2, 0) is 10.2 Å². The van der Waals surface area contributed by atoms with E-state index in [0.29, 0.717) is 12.8 Å². The van der Waals surface area contributed by atoms with E-state index in [2.05, 4.69) is 40.2 Å². The maximum atomic E-state index is 11.4. The van der Waals surface area contributed by atoms with Crippen LogP contribution < -0.4 is 5.73 Å². The Morgan fingerprint density at radius 1 is 1.40 bits per heavy atom. The third-order valence-electron chi connectivity index (χ3n) is 4.57. The smallest absolute Gasteiger partial charge is 0.325 e. The maximum Gasteiger partial charge on any atom is 0.325 e. The molecule has 1 spiro atoms. The van der Waals surface area contributed by atoms with Crippen LogP contribution in [0.5, 0.6) is 0 Å². The van der Waals surface area contributed by atoms with Crippen molar-refractivity contribution in [1.82, 2.24) is 0 Å². The maximum absolute atomic E-state index is 11.4. The standard InChI is InChI=1S/C15H15BrClNO2/c16-11-7-15(18,13(19)20)12(17)8-14(11)6-5-9-3-1-2-4-10(9)14/h1-6,11-12H,7-8,18H2,(H,19,20). The second-order valence-corrected chi connectivity index (χ2v) is 7.28.